The molecule has 1 aliphatic heterocycles. The molecule has 1 aliphatic rings. The topological polar surface area (TPSA) is 52.6 Å². The molecule has 0 spiro atoms. The van der Waals surface area contributed by atoms with Gasteiger partial charge in [0.1, 0.15) is 0 Å². The fourth-order valence-corrected chi connectivity index (χ4v) is 1.93. The number of rotatable bonds is 4. The summed E-state index contributed by atoms with van der Waals surface area (Å²) in [4.78, 5) is 13.7. The monoisotopic (exact) mass is 228 g/mol. The number of nitrogens with zero attached hydrogens (tertiary/aromatic N) is 1. The first-order valence-electron chi connectivity index (χ1n) is 6.06. The Labute approximate surface area is 98.0 Å². The van der Waals surface area contributed by atoms with E-state index in [-0.39, 0.29) is 18.1 Å². The van der Waals surface area contributed by atoms with Crippen LogP contribution in [0.4, 0.5) is 0 Å². The number of amides is 1. The highest BCUT2D eigenvalue weighted by Crippen LogP contribution is 2.18. The Bertz CT molecular complexity index is 236. The lowest BCUT2D eigenvalue weighted by molar-refractivity contribution is -0.129. The van der Waals surface area contributed by atoms with Gasteiger partial charge in [0.15, 0.2) is 0 Å². The number of carbonyl (C=O) groups excluding carboxylic acids is 1. The van der Waals surface area contributed by atoms with Gasteiger partial charge in [-0.15, -0.1) is 0 Å². The predicted molar refractivity (Wildman–Crippen MR) is 64.1 cm³/mol. The van der Waals surface area contributed by atoms with Crippen LogP contribution in [0.25, 0.3) is 0 Å². The van der Waals surface area contributed by atoms with Crippen molar-refractivity contribution in [2.45, 2.75) is 39.2 Å². The summed E-state index contributed by atoms with van der Waals surface area (Å²) in [6.45, 7) is 8.46. The van der Waals surface area contributed by atoms with E-state index in [9.17, 15) is 4.79 Å². The van der Waals surface area contributed by atoms with Crippen LogP contribution in [0.1, 0.15) is 33.6 Å². The van der Waals surface area contributed by atoms with E-state index >= 15 is 0 Å². The lowest BCUT2D eigenvalue weighted by Gasteiger charge is -2.23. The zero-order valence-corrected chi connectivity index (χ0v) is 10.6. The molecule has 1 amide bonds. The van der Waals surface area contributed by atoms with E-state index in [2.05, 4.69) is 26.1 Å². The number of carbonyl (C=O) groups is 1. The average Bonchev–Trinajstić information content (AvgIpc) is 2.62. The minimum Gasteiger partial charge on any atom is -0.396 e. The molecule has 0 radical (unpaired) electrons. The van der Waals surface area contributed by atoms with Gasteiger partial charge in [-0.1, -0.05) is 0 Å². The summed E-state index contributed by atoms with van der Waals surface area (Å²) in [6, 6.07) is 0. The van der Waals surface area contributed by atoms with Gasteiger partial charge in [0.25, 0.3) is 0 Å². The Hall–Kier alpha value is -0.610. The minimum atomic E-state index is -0.0140. The normalized spacial score (nSPS) is 21.5. The molecule has 1 fully saturated rings. The van der Waals surface area contributed by atoms with Crippen molar-refractivity contribution < 1.29 is 9.90 Å². The maximum Gasteiger partial charge on any atom is 0.236 e. The highest BCUT2D eigenvalue weighted by molar-refractivity contribution is 5.78. The zero-order chi connectivity index (χ0) is 12.2. The van der Waals surface area contributed by atoms with Crippen molar-refractivity contribution in [1.29, 1.82) is 0 Å². The van der Waals surface area contributed by atoms with Crippen LogP contribution in [-0.4, -0.2) is 47.7 Å². The highest BCUT2D eigenvalue weighted by atomic mass is 16.3. The number of hydrogen-bond acceptors (Lipinski definition) is 3. The summed E-state index contributed by atoms with van der Waals surface area (Å²) in [7, 11) is 0. The van der Waals surface area contributed by atoms with Crippen molar-refractivity contribution in [3.8, 4) is 0 Å². The van der Waals surface area contributed by atoms with Crippen molar-refractivity contribution in [3.63, 3.8) is 0 Å². The van der Waals surface area contributed by atoms with E-state index in [1.165, 1.54) is 0 Å². The van der Waals surface area contributed by atoms with Crippen molar-refractivity contribution in [2.24, 2.45) is 5.92 Å². The van der Waals surface area contributed by atoms with Crippen LogP contribution in [0.5, 0.6) is 0 Å². The second kappa shape index (κ2) is 5.64. The predicted octanol–water partition coefficient (Wildman–Crippen LogP) is 0.605. The van der Waals surface area contributed by atoms with E-state index in [0.29, 0.717) is 12.5 Å². The number of aliphatic hydroxyl groups excluding tert-OH is 1. The van der Waals surface area contributed by atoms with Crippen LogP contribution >= 0.6 is 0 Å². The quantitative estimate of drug-likeness (QED) is 0.741. The van der Waals surface area contributed by atoms with Crippen molar-refractivity contribution in [2.75, 3.05) is 26.2 Å². The first kappa shape index (κ1) is 13.5. The maximum absolute atomic E-state index is 11.8. The van der Waals surface area contributed by atoms with Crippen molar-refractivity contribution in [3.05, 3.63) is 0 Å². The van der Waals surface area contributed by atoms with Crippen molar-refractivity contribution in [1.82, 2.24) is 10.2 Å². The Morgan fingerprint density at radius 2 is 2.19 bits per heavy atom. The van der Waals surface area contributed by atoms with Gasteiger partial charge >= 0.3 is 0 Å². The van der Waals surface area contributed by atoms with E-state index in [0.717, 1.165) is 25.9 Å². The Kier molecular flexibility index (Phi) is 4.74. The second-order valence-corrected chi connectivity index (χ2v) is 5.61. The Morgan fingerprint density at radius 3 is 2.75 bits per heavy atom. The van der Waals surface area contributed by atoms with E-state index in [1.54, 1.807) is 0 Å². The van der Waals surface area contributed by atoms with Gasteiger partial charge in [0.05, 0.1) is 6.54 Å². The van der Waals surface area contributed by atoms with Gasteiger partial charge in [-0.25, -0.2) is 0 Å². The molecule has 0 aliphatic carbocycles. The van der Waals surface area contributed by atoms with Crippen LogP contribution in [0.15, 0.2) is 0 Å². The third-order valence-electron chi connectivity index (χ3n) is 2.95. The Balaban J connectivity index is 2.28. The molecule has 94 valence electrons. The molecule has 1 atom stereocenters. The van der Waals surface area contributed by atoms with Crippen LogP contribution < -0.4 is 5.32 Å². The van der Waals surface area contributed by atoms with Gasteiger partial charge in [0.2, 0.25) is 5.91 Å². The lowest BCUT2D eigenvalue weighted by atomic mass is 10.1. The zero-order valence-electron chi connectivity index (χ0n) is 10.6. The maximum atomic E-state index is 11.8. The molecule has 0 aromatic heterocycles. The standard InChI is InChI=1S/C12H24N2O2/c1-12(2,3)13-8-11(16)14-6-4-10(9-14)5-7-15/h10,13,15H,4-9H2,1-3H3. The molecule has 0 saturated carbocycles. The molecular formula is C12H24N2O2. The van der Waals surface area contributed by atoms with E-state index in [4.69, 9.17) is 5.11 Å². The van der Waals surface area contributed by atoms with E-state index in [1.807, 2.05) is 4.90 Å². The first-order valence-corrected chi connectivity index (χ1v) is 6.06. The number of likely N-dealkylation sites (tertiary alicyclic amines) is 1. The lowest BCUT2D eigenvalue weighted by Crippen LogP contribution is -2.44. The van der Waals surface area contributed by atoms with Gasteiger partial charge in [0, 0.05) is 25.2 Å². The molecule has 1 heterocycles. The largest absolute Gasteiger partial charge is 0.396 e. The minimum absolute atomic E-state index is 0.0140. The smallest absolute Gasteiger partial charge is 0.236 e. The number of hydrogen-bond donors (Lipinski definition) is 2. The number of nitrogens with one attached hydrogen (secondary N) is 1. The first-order chi connectivity index (χ1) is 7.42. The second-order valence-electron chi connectivity index (χ2n) is 5.61. The van der Waals surface area contributed by atoms with Crippen LogP contribution in [0.3, 0.4) is 0 Å². The highest BCUT2D eigenvalue weighted by Gasteiger charge is 2.26. The molecule has 1 unspecified atom stereocenters. The summed E-state index contributed by atoms with van der Waals surface area (Å²) >= 11 is 0. The van der Waals surface area contributed by atoms with Crippen LogP contribution in [0, 0.1) is 5.92 Å². The van der Waals surface area contributed by atoms with Gasteiger partial charge in [-0.3, -0.25) is 4.79 Å². The third-order valence-corrected chi connectivity index (χ3v) is 2.95. The van der Waals surface area contributed by atoms with Gasteiger partial charge < -0.3 is 15.3 Å². The van der Waals surface area contributed by atoms with Gasteiger partial charge in [-0.05, 0) is 39.5 Å². The van der Waals surface area contributed by atoms with Crippen molar-refractivity contribution >= 4 is 5.91 Å². The summed E-state index contributed by atoms with van der Waals surface area (Å²) in [5.41, 5.74) is -0.0140. The van der Waals surface area contributed by atoms with E-state index < -0.39 is 0 Å². The summed E-state index contributed by atoms with van der Waals surface area (Å²) < 4.78 is 0. The fraction of sp³-hybridized carbons (Fsp3) is 0.917. The van der Waals surface area contributed by atoms with Crippen LogP contribution in [0.2, 0.25) is 0 Å². The molecule has 1 rings (SSSR count). The fourth-order valence-electron chi connectivity index (χ4n) is 1.93. The van der Waals surface area contributed by atoms with Gasteiger partial charge in [-0.2, -0.15) is 0 Å². The summed E-state index contributed by atoms with van der Waals surface area (Å²) in [5, 5.41) is 12.1. The molecule has 1 saturated heterocycles. The summed E-state index contributed by atoms with van der Waals surface area (Å²) in [6.07, 6.45) is 1.85. The molecule has 16 heavy (non-hydrogen) atoms. The SMILES string of the molecule is CC(C)(C)NCC(=O)N1CCC(CCO)C1. The number of aliphatic hydroxyl groups is 1. The molecule has 0 aromatic carbocycles. The molecular weight excluding hydrogens is 204 g/mol. The molecule has 0 aromatic rings. The Morgan fingerprint density at radius 1 is 1.50 bits per heavy atom. The van der Waals surface area contributed by atoms with Crippen LogP contribution in [-0.2, 0) is 4.79 Å². The molecule has 4 nitrogen and oxygen atoms in total. The molecule has 4 heteroatoms. The molecule has 2 N–H and O–H groups in total. The summed E-state index contributed by atoms with van der Waals surface area (Å²) in [5.74, 6) is 0.666. The average molecular weight is 228 g/mol. The molecule has 0 bridgehead atoms. The third kappa shape index (κ3) is 4.49.